The zero-order valence-corrected chi connectivity index (χ0v) is 6.80. The Labute approximate surface area is 65.8 Å². The molecule has 0 aliphatic heterocycles. The maximum atomic E-state index is 9.97. The summed E-state index contributed by atoms with van der Waals surface area (Å²) >= 11 is 3.95. The Morgan fingerprint density at radius 1 is 1.80 bits per heavy atom. The quantitative estimate of drug-likeness (QED) is 0.364. The fourth-order valence-electron chi connectivity index (χ4n) is 0.477. The van der Waals surface area contributed by atoms with Crippen LogP contribution in [0.4, 0.5) is 0 Å². The number of rotatable bonds is 5. The van der Waals surface area contributed by atoms with Crippen LogP contribution in [0, 0.1) is 0 Å². The van der Waals surface area contributed by atoms with Crippen LogP contribution in [0.5, 0.6) is 0 Å². The van der Waals surface area contributed by atoms with E-state index < -0.39 is 5.97 Å². The van der Waals surface area contributed by atoms with Crippen molar-refractivity contribution in [3.8, 4) is 0 Å². The second-order valence-corrected chi connectivity index (χ2v) is 2.69. The van der Waals surface area contributed by atoms with Crippen LogP contribution in [0.15, 0.2) is 0 Å². The van der Waals surface area contributed by atoms with E-state index in [-0.39, 0.29) is 11.9 Å². The zero-order valence-electron chi connectivity index (χ0n) is 5.91. The minimum absolute atomic E-state index is 0.103. The SMILES string of the molecule is CC(S)OCCCC(=O)O. The Kier molecular flexibility index (Phi) is 5.43. The number of carboxylic acid groups (broad SMARTS) is 1. The molecule has 0 fully saturated rings. The topological polar surface area (TPSA) is 46.5 Å². The highest BCUT2D eigenvalue weighted by atomic mass is 32.1. The van der Waals surface area contributed by atoms with Crippen molar-refractivity contribution >= 4 is 18.6 Å². The minimum atomic E-state index is -0.782. The molecule has 0 heterocycles. The third-order valence-electron chi connectivity index (χ3n) is 0.894. The molecule has 4 heteroatoms. The Bertz CT molecular complexity index is 103. The van der Waals surface area contributed by atoms with Crippen LogP contribution in [0.3, 0.4) is 0 Å². The predicted molar refractivity (Wildman–Crippen MR) is 41.3 cm³/mol. The van der Waals surface area contributed by atoms with E-state index in [0.717, 1.165) is 0 Å². The first-order valence-corrected chi connectivity index (χ1v) is 3.66. The van der Waals surface area contributed by atoms with E-state index in [1.165, 1.54) is 0 Å². The molecule has 0 bridgehead atoms. The minimum Gasteiger partial charge on any atom is -0.481 e. The Hall–Kier alpha value is -0.220. The van der Waals surface area contributed by atoms with E-state index in [9.17, 15) is 4.79 Å². The molecule has 0 aliphatic rings. The third-order valence-corrected chi connectivity index (χ3v) is 1.04. The van der Waals surface area contributed by atoms with Crippen molar-refractivity contribution in [3.63, 3.8) is 0 Å². The molecule has 10 heavy (non-hydrogen) atoms. The van der Waals surface area contributed by atoms with E-state index in [1.54, 1.807) is 6.92 Å². The average Bonchev–Trinajstić information content (AvgIpc) is 1.79. The second kappa shape index (κ2) is 5.56. The van der Waals surface area contributed by atoms with Crippen LogP contribution in [0.2, 0.25) is 0 Å². The fraction of sp³-hybridized carbons (Fsp3) is 0.833. The molecule has 1 N–H and O–H groups in total. The molecule has 0 aromatic carbocycles. The molecule has 0 aromatic rings. The van der Waals surface area contributed by atoms with Crippen LogP contribution in [0.25, 0.3) is 0 Å². The van der Waals surface area contributed by atoms with E-state index in [2.05, 4.69) is 12.6 Å². The van der Waals surface area contributed by atoms with Gasteiger partial charge in [0.1, 0.15) is 0 Å². The van der Waals surface area contributed by atoms with Crippen molar-refractivity contribution in [2.75, 3.05) is 6.61 Å². The van der Waals surface area contributed by atoms with Gasteiger partial charge in [0.05, 0.1) is 5.44 Å². The summed E-state index contributed by atoms with van der Waals surface area (Å²) in [6, 6.07) is 0. The molecule has 0 aliphatic carbocycles. The first kappa shape index (κ1) is 9.78. The molecule has 0 aromatic heterocycles. The summed E-state index contributed by atoms with van der Waals surface area (Å²) in [5, 5.41) is 8.20. The van der Waals surface area contributed by atoms with Gasteiger partial charge in [0.2, 0.25) is 0 Å². The largest absolute Gasteiger partial charge is 0.481 e. The van der Waals surface area contributed by atoms with Gasteiger partial charge in [-0.15, -0.1) is 12.6 Å². The molecule has 0 radical (unpaired) electrons. The number of carbonyl (C=O) groups is 1. The molecular formula is C6H12O3S. The van der Waals surface area contributed by atoms with Gasteiger partial charge in [0.15, 0.2) is 0 Å². The molecule has 1 atom stereocenters. The van der Waals surface area contributed by atoms with Crippen molar-refractivity contribution < 1.29 is 14.6 Å². The number of carboxylic acids is 1. The van der Waals surface area contributed by atoms with Crippen LogP contribution < -0.4 is 0 Å². The number of hydrogen-bond acceptors (Lipinski definition) is 3. The van der Waals surface area contributed by atoms with Crippen LogP contribution in [0.1, 0.15) is 19.8 Å². The van der Waals surface area contributed by atoms with Gasteiger partial charge in [0.25, 0.3) is 0 Å². The summed E-state index contributed by atoms with van der Waals surface area (Å²) in [5.41, 5.74) is -0.103. The Morgan fingerprint density at radius 2 is 2.40 bits per heavy atom. The van der Waals surface area contributed by atoms with Crippen LogP contribution >= 0.6 is 12.6 Å². The van der Waals surface area contributed by atoms with Crippen molar-refractivity contribution in [1.82, 2.24) is 0 Å². The number of thiol groups is 1. The van der Waals surface area contributed by atoms with Gasteiger partial charge in [-0.25, -0.2) is 0 Å². The maximum Gasteiger partial charge on any atom is 0.303 e. The lowest BCUT2D eigenvalue weighted by atomic mass is 10.3. The Balaban J connectivity index is 2.98. The highest BCUT2D eigenvalue weighted by Gasteiger charge is 1.97. The van der Waals surface area contributed by atoms with Crippen molar-refractivity contribution in [2.24, 2.45) is 0 Å². The number of hydrogen-bond donors (Lipinski definition) is 2. The lowest BCUT2D eigenvalue weighted by Crippen LogP contribution is -2.03. The maximum absolute atomic E-state index is 9.97. The molecule has 3 nitrogen and oxygen atoms in total. The summed E-state index contributed by atoms with van der Waals surface area (Å²) in [6.07, 6.45) is 0.723. The first-order chi connectivity index (χ1) is 4.63. The summed E-state index contributed by atoms with van der Waals surface area (Å²) in [4.78, 5) is 9.97. The van der Waals surface area contributed by atoms with Gasteiger partial charge in [-0.1, -0.05) is 0 Å². The van der Waals surface area contributed by atoms with Crippen molar-refractivity contribution in [1.29, 1.82) is 0 Å². The van der Waals surface area contributed by atoms with Gasteiger partial charge in [-0.3, -0.25) is 4.79 Å². The van der Waals surface area contributed by atoms with Gasteiger partial charge in [0, 0.05) is 13.0 Å². The van der Waals surface area contributed by atoms with Gasteiger partial charge >= 0.3 is 5.97 Å². The lowest BCUT2D eigenvalue weighted by molar-refractivity contribution is -0.137. The summed E-state index contributed by atoms with van der Waals surface area (Å²) in [6.45, 7) is 2.26. The van der Waals surface area contributed by atoms with Gasteiger partial charge in [-0.2, -0.15) is 0 Å². The highest BCUT2D eigenvalue weighted by Crippen LogP contribution is 1.97. The van der Waals surface area contributed by atoms with E-state index in [0.29, 0.717) is 13.0 Å². The van der Waals surface area contributed by atoms with E-state index in [4.69, 9.17) is 9.84 Å². The highest BCUT2D eigenvalue weighted by molar-refractivity contribution is 7.80. The summed E-state index contributed by atoms with van der Waals surface area (Å²) < 4.78 is 4.99. The normalized spacial score (nSPS) is 13.0. The molecular weight excluding hydrogens is 152 g/mol. The second-order valence-electron chi connectivity index (χ2n) is 1.97. The molecule has 1 unspecified atom stereocenters. The zero-order chi connectivity index (χ0) is 7.98. The number of ether oxygens (including phenoxy) is 1. The smallest absolute Gasteiger partial charge is 0.303 e. The first-order valence-electron chi connectivity index (χ1n) is 3.14. The molecule has 0 spiro atoms. The van der Waals surface area contributed by atoms with Crippen LogP contribution in [-0.4, -0.2) is 23.1 Å². The van der Waals surface area contributed by atoms with Gasteiger partial charge in [-0.05, 0) is 13.3 Å². The Morgan fingerprint density at radius 3 is 2.80 bits per heavy atom. The van der Waals surface area contributed by atoms with Gasteiger partial charge < -0.3 is 9.84 Å². The lowest BCUT2D eigenvalue weighted by Gasteiger charge is -2.04. The summed E-state index contributed by atoms with van der Waals surface area (Å²) in [7, 11) is 0. The van der Waals surface area contributed by atoms with Crippen LogP contribution in [-0.2, 0) is 9.53 Å². The van der Waals surface area contributed by atoms with Crippen molar-refractivity contribution in [3.05, 3.63) is 0 Å². The monoisotopic (exact) mass is 164 g/mol. The van der Waals surface area contributed by atoms with Crippen molar-refractivity contribution in [2.45, 2.75) is 25.2 Å². The molecule has 0 saturated heterocycles. The molecule has 0 amide bonds. The number of aliphatic carboxylic acids is 1. The predicted octanol–water partition coefficient (Wildman–Crippen LogP) is 1.14. The molecule has 0 rings (SSSR count). The summed E-state index contributed by atoms with van der Waals surface area (Å²) in [5.74, 6) is -0.782. The molecule has 0 saturated carbocycles. The van der Waals surface area contributed by atoms with E-state index >= 15 is 0 Å². The standard InChI is InChI=1S/C6H12O3S/c1-5(10)9-4-2-3-6(7)8/h5,10H,2-4H2,1H3,(H,7,8). The fourth-order valence-corrected chi connectivity index (χ4v) is 0.583. The molecule has 60 valence electrons. The third kappa shape index (κ3) is 7.78. The van der Waals surface area contributed by atoms with E-state index in [1.807, 2.05) is 0 Å². The average molecular weight is 164 g/mol.